The second-order valence-electron chi connectivity index (χ2n) is 11.8. The molecule has 0 unspecified atom stereocenters. The number of aliphatic hydroxyl groups is 1. The molecule has 3 aromatic rings. The van der Waals surface area contributed by atoms with Gasteiger partial charge >= 0.3 is 5.97 Å². The SMILES string of the molecule is CC(=O)N1CCC[C@H](Cn2c(-c3cc(C)c(=O)n(C)c3)nc3cc(CN[C@@H](C(=O)OC4CCC4)[C@@H](C)O)ccc32)C1. The summed E-state index contributed by atoms with van der Waals surface area (Å²) in [6.07, 6.45) is 5.69. The molecule has 5 rings (SSSR count). The highest BCUT2D eigenvalue weighted by Crippen LogP contribution is 2.29. The number of hydrogen-bond acceptors (Lipinski definition) is 7. The molecule has 1 aliphatic heterocycles. The molecular formula is C31H41N5O5. The number of rotatable bonds is 9. The third-order valence-electron chi connectivity index (χ3n) is 8.44. The molecule has 2 N–H and O–H groups in total. The standard InChI is InChI=1S/C31H41N5O5/c1-19-13-24(18-34(4)30(19)39)29-33-26-14-22(15-32-28(20(2)37)31(40)41-25-8-5-9-25)10-11-27(26)36(29)17-23-7-6-12-35(16-23)21(3)38/h10-11,13-14,18,20,23,25,28,32,37H,5-9,12,15-17H2,1-4H3/t20-,23+,28-/m1/s1. The van der Waals surface area contributed by atoms with Crippen LogP contribution in [0.1, 0.15) is 57.1 Å². The summed E-state index contributed by atoms with van der Waals surface area (Å²) < 4.78 is 9.32. The molecule has 0 radical (unpaired) electrons. The second kappa shape index (κ2) is 12.2. The van der Waals surface area contributed by atoms with E-state index < -0.39 is 18.1 Å². The number of pyridine rings is 1. The van der Waals surface area contributed by atoms with Gasteiger partial charge in [0.2, 0.25) is 5.91 Å². The average molecular weight is 564 g/mol. The lowest BCUT2D eigenvalue weighted by atomic mass is 9.96. The Labute approximate surface area is 240 Å². The number of hydrogen-bond donors (Lipinski definition) is 2. The Balaban J connectivity index is 1.44. The molecule has 220 valence electrons. The zero-order valence-corrected chi connectivity index (χ0v) is 24.4. The number of esters is 1. The van der Waals surface area contributed by atoms with Crippen molar-refractivity contribution in [3.8, 4) is 11.4 Å². The third kappa shape index (κ3) is 6.38. The number of imidazole rings is 1. The molecule has 3 heterocycles. The Bertz CT molecular complexity index is 1460. The van der Waals surface area contributed by atoms with E-state index in [9.17, 15) is 19.5 Å². The number of carbonyl (C=O) groups excluding carboxylic acids is 2. The van der Waals surface area contributed by atoms with E-state index in [-0.39, 0.29) is 23.5 Å². The zero-order valence-electron chi connectivity index (χ0n) is 24.4. The van der Waals surface area contributed by atoms with Crippen LogP contribution >= 0.6 is 0 Å². The number of fused-ring (bicyclic) bond motifs is 1. The molecule has 2 aliphatic rings. The van der Waals surface area contributed by atoms with Crippen molar-refractivity contribution in [2.45, 2.75) is 84.2 Å². The summed E-state index contributed by atoms with van der Waals surface area (Å²) in [7, 11) is 1.75. The van der Waals surface area contributed by atoms with Gasteiger partial charge in [-0.1, -0.05) is 6.07 Å². The minimum Gasteiger partial charge on any atom is -0.461 e. The lowest BCUT2D eigenvalue weighted by molar-refractivity contribution is -0.158. The predicted octanol–water partition coefficient (Wildman–Crippen LogP) is 2.90. The first-order valence-electron chi connectivity index (χ1n) is 14.6. The van der Waals surface area contributed by atoms with Crippen LogP contribution in [0.4, 0.5) is 0 Å². The molecule has 1 amide bonds. The van der Waals surface area contributed by atoms with E-state index in [1.807, 2.05) is 42.3 Å². The number of ether oxygens (including phenoxy) is 1. The molecule has 1 aliphatic carbocycles. The summed E-state index contributed by atoms with van der Waals surface area (Å²) in [6, 6.07) is 7.10. The molecule has 10 heteroatoms. The predicted molar refractivity (Wildman–Crippen MR) is 156 cm³/mol. The summed E-state index contributed by atoms with van der Waals surface area (Å²) in [5.74, 6) is 0.736. The lowest BCUT2D eigenvalue weighted by Crippen LogP contribution is -2.47. The van der Waals surface area contributed by atoms with E-state index in [0.717, 1.165) is 66.6 Å². The van der Waals surface area contributed by atoms with E-state index >= 15 is 0 Å². The number of nitrogens with one attached hydrogen (secondary N) is 1. The fourth-order valence-corrected chi connectivity index (χ4v) is 5.85. The Morgan fingerprint density at radius 1 is 1.20 bits per heavy atom. The van der Waals surface area contributed by atoms with Crippen LogP contribution in [0.5, 0.6) is 0 Å². The van der Waals surface area contributed by atoms with E-state index in [2.05, 4.69) is 9.88 Å². The molecule has 1 saturated heterocycles. The van der Waals surface area contributed by atoms with Crippen molar-refractivity contribution in [3.05, 3.63) is 51.9 Å². The van der Waals surface area contributed by atoms with E-state index in [1.54, 1.807) is 25.5 Å². The van der Waals surface area contributed by atoms with Crippen molar-refractivity contribution in [2.75, 3.05) is 13.1 Å². The van der Waals surface area contributed by atoms with Gasteiger partial charge in [-0.05, 0) is 75.6 Å². The fourth-order valence-electron chi connectivity index (χ4n) is 5.85. The number of aryl methyl sites for hydroxylation is 2. The summed E-state index contributed by atoms with van der Waals surface area (Å²) in [4.78, 5) is 44.1. The van der Waals surface area contributed by atoms with Gasteiger partial charge in [0.1, 0.15) is 18.0 Å². The van der Waals surface area contributed by atoms with Gasteiger partial charge in [0.05, 0.1) is 17.1 Å². The first kappa shape index (κ1) is 29.0. The molecule has 2 fully saturated rings. The number of likely N-dealkylation sites (tertiary alicyclic amines) is 1. The second-order valence-corrected chi connectivity index (χ2v) is 11.8. The first-order valence-corrected chi connectivity index (χ1v) is 14.6. The van der Waals surface area contributed by atoms with Gasteiger partial charge in [-0.15, -0.1) is 0 Å². The van der Waals surface area contributed by atoms with Crippen LogP contribution in [0.25, 0.3) is 22.4 Å². The first-order chi connectivity index (χ1) is 19.6. The van der Waals surface area contributed by atoms with Crippen LogP contribution in [-0.2, 0) is 34.5 Å². The number of aliphatic hydroxyl groups excluding tert-OH is 1. The van der Waals surface area contributed by atoms with Crippen LogP contribution in [0, 0.1) is 12.8 Å². The summed E-state index contributed by atoms with van der Waals surface area (Å²) in [6.45, 7) is 7.59. The fraction of sp³-hybridized carbons (Fsp3) is 0.548. The number of piperidine rings is 1. The highest BCUT2D eigenvalue weighted by molar-refractivity contribution is 5.81. The number of carbonyl (C=O) groups is 2. The molecule has 1 aromatic carbocycles. The van der Waals surface area contributed by atoms with E-state index in [0.29, 0.717) is 25.2 Å². The number of nitrogens with zero attached hydrogens (tertiary/aromatic N) is 4. The highest BCUT2D eigenvalue weighted by Gasteiger charge is 2.30. The summed E-state index contributed by atoms with van der Waals surface area (Å²) in [5, 5.41) is 13.4. The molecule has 1 saturated carbocycles. The van der Waals surface area contributed by atoms with Gasteiger partial charge in [-0.3, -0.25) is 19.7 Å². The van der Waals surface area contributed by atoms with Crippen LogP contribution in [-0.4, -0.2) is 67.3 Å². The van der Waals surface area contributed by atoms with Gasteiger partial charge in [0, 0.05) is 57.5 Å². The van der Waals surface area contributed by atoms with Crippen LogP contribution in [0.15, 0.2) is 35.3 Å². The molecule has 10 nitrogen and oxygen atoms in total. The number of aromatic nitrogens is 3. The van der Waals surface area contributed by atoms with Gasteiger partial charge < -0.3 is 23.9 Å². The van der Waals surface area contributed by atoms with E-state index in [4.69, 9.17) is 9.72 Å². The Morgan fingerprint density at radius 2 is 1.98 bits per heavy atom. The molecule has 2 aromatic heterocycles. The van der Waals surface area contributed by atoms with E-state index in [1.165, 1.54) is 0 Å². The number of benzene rings is 1. The normalized spacial score (nSPS) is 19.1. The quantitative estimate of drug-likeness (QED) is 0.384. The van der Waals surface area contributed by atoms with Crippen LogP contribution in [0.2, 0.25) is 0 Å². The summed E-state index contributed by atoms with van der Waals surface area (Å²) in [5.41, 5.74) is 4.15. The third-order valence-corrected chi connectivity index (χ3v) is 8.44. The van der Waals surface area contributed by atoms with Crippen molar-refractivity contribution in [1.82, 2.24) is 24.3 Å². The van der Waals surface area contributed by atoms with Crippen LogP contribution in [0.3, 0.4) is 0 Å². The van der Waals surface area contributed by atoms with Gasteiger partial charge in [0.25, 0.3) is 5.56 Å². The zero-order chi connectivity index (χ0) is 29.3. The van der Waals surface area contributed by atoms with Crippen molar-refractivity contribution in [3.63, 3.8) is 0 Å². The van der Waals surface area contributed by atoms with Crippen molar-refractivity contribution in [1.29, 1.82) is 0 Å². The Kier molecular flexibility index (Phi) is 8.60. The summed E-state index contributed by atoms with van der Waals surface area (Å²) >= 11 is 0. The smallest absolute Gasteiger partial charge is 0.326 e. The Morgan fingerprint density at radius 3 is 2.63 bits per heavy atom. The van der Waals surface area contributed by atoms with Crippen molar-refractivity contribution in [2.24, 2.45) is 13.0 Å². The molecule has 0 bridgehead atoms. The average Bonchev–Trinajstić information content (AvgIpc) is 3.26. The molecule has 0 spiro atoms. The minimum atomic E-state index is -0.893. The largest absolute Gasteiger partial charge is 0.461 e. The number of amides is 1. The maximum Gasteiger partial charge on any atom is 0.326 e. The maximum atomic E-state index is 12.7. The van der Waals surface area contributed by atoms with Crippen molar-refractivity contribution >= 4 is 22.9 Å². The monoisotopic (exact) mass is 563 g/mol. The lowest BCUT2D eigenvalue weighted by Gasteiger charge is -2.32. The van der Waals surface area contributed by atoms with Crippen molar-refractivity contribution < 1.29 is 19.4 Å². The Hall–Kier alpha value is -3.50. The minimum absolute atomic E-state index is 0.0438. The van der Waals surface area contributed by atoms with Crippen LogP contribution < -0.4 is 10.9 Å². The molecular weight excluding hydrogens is 522 g/mol. The van der Waals surface area contributed by atoms with Gasteiger partial charge in [0.15, 0.2) is 0 Å². The van der Waals surface area contributed by atoms with Gasteiger partial charge in [-0.25, -0.2) is 4.98 Å². The molecule has 41 heavy (non-hydrogen) atoms. The highest BCUT2D eigenvalue weighted by atomic mass is 16.5. The molecule has 3 atom stereocenters. The maximum absolute atomic E-state index is 12.7. The van der Waals surface area contributed by atoms with Gasteiger partial charge in [-0.2, -0.15) is 0 Å². The topological polar surface area (TPSA) is 119 Å².